The molecule has 2 heterocycles. The van der Waals surface area contributed by atoms with Crippen molar-refractivity contribution in [3.63, 3.8) is 0 Å². The predicted octanol–water partition coefficient (Wildman–Crippen LogP) is 1.33. The van der Waals surface area contributed by atoms with Gasteiger partial charge in [0.1, 0.15) is 24.2 Å². The zero-order valence-electron chi connectivity index (χ0n) is 21.3. The van der Waals surface area contributed by atoms with E-state index in [9.17, 15) is 14.7 Å². The van der Waals surface area contributed by atoms with Gasteiger partial charge in [-0.25, -0.2) is 10.2 Å². The maximum Gasteiger partial charge on any atom is 0.329 e. The Morgan fingerprint density at radius 1 is 1.05 bits per heavy atom. The molecule has 13 heteroatoms. The van der Waals surface area contributed by atoms with E-state index in [0.29, 0.717) is 28.6 Å². The number of anilines is 1. The van der Waals surface area contributed by atoms with Crippen LogP contribution in [0, 0.1) is 0 Å². The zero-order chi connectivity index (χ0) is 27.2. The van der Waals surface area contributed by atoms with Crippen molar-refractivity contribution in [2.45, 2.75) is 12.6 Å². The van der Waals surface area contributed by atoms with Crippen LogP contribution in [0.5, 0.6) is 23.0 Å². The molecule has 0 saturated carbocycles. The lowest BCUT2D eigenvalue weighted by atomic mass is 10.2. The summed E-state index contributed by atoms with van der Waals surface area (Å²) in [6, 6.07) is 12.2. The van der Waals surface area contributed by atoms with Crippen molar-refractivity contribution in [1.82, 2.24) is 19.1 Å². The van der Waals surface area contributed by atoms with Crippen LogP contribution < -0.4 is 35.6 Å². The Hall–Kier alpha value is -4.78. The van der Waals surface area contributed by atoms with Crippen molar-refractivity contribution in [3.8, 4) is 23.0 Å². The molecule has 0 aliphatic carbocycles. The fourth-order valence-electron chi connectivity index (χ4n) is 3.72. The highest BCUT2D eigenvalue weighted by Gasteiger charge is 2.20. The van der Waals surface area contributed by atoms with Crippen LogP contribution in [0.2, 0.25) is 0 Å². The minimum Gasteiger partial charge on any atom is -0.497 e. The first-order chi connectivity index (χ1) is 18.3. The Labute approximate surface area is 216 Å². The quantitative estimate of drug-likeness (QED) is 0.195. The fourth-order valence-corrected chi connectivity index (χ4v) is 3.72. The van der Waals surface area contributed by atoms with Crippen LogP contribution in [0.15, 0.2) is 57.2 Å². The molecule has 38 heavy (non-hydrogen) atoms. The summed E-state index contributed by atoms with van der Waals surface area (Å²) in [4.78, 5) is 31.5. The molecule has 4 rings (SSSR count). The molecule has 0 aliphatic heterocycles. The van der Waals surface area contributed by atoms with Crippen molar-refractivity contribution >= 4 is 23.3 Å². The summed E-state index contributed by atoms with van der Waals surface area (Å²) in [6.07, 6.45) is 0.500. The molecule has 0 saturated heterocycles. The third kappa shape index (κ3) is 5.62. The molecular weight excluding hydrogens is 496 g/mol. The summed E-state index contributed by atoms with van der Waals surface area (Å²) in [6.45, 7) is -0.133. The van der Waals surface area contributed by atoms with E-state index < -0.39 is 17.4 Å². The van der Waals surface area contributed by atoms with Gasteiger partial charge in [-0.1, -0.05) is 0 Å². The molecule has 0 aliphatic rings. The van der Waals surface area contributed by atoms with Crippen LogP contribution in [0.25, 0.3) is 11.2 Å². The maximum absolute atomic E-state index is 12.7. The smallest absolute Gasteiger partial charge is 0.329 e. The highest BCUT2D eigenvalue weighted by molar-refractivity contribution is 5.82. The lowest BCUT2D eigenvalue weighted by Crippen LogP contribution is -2.30. The predicted molar refractivity (Wildman–Crippen MR) is 141 cm³/mol. The number of nitrogens with zero attached hydrogens (tertiary/aromatic N) is 4. The van der Waals surface area contributed by atoms with Crippen molar-refractivity contribution in [3.05, 3.63) is 68.9 Å². The maximum atomic E-state index is 12.7. The van der Waals surface area contributed by atoms with E-state index in [1.165, 1.54) is 29.5 Å². The number of ether oxygens (including phenoxy) is 4. The monoisotopic (exact) mass is 524 g/mol. The van der Waals surface area contributed by atoms with Gasteiger partial charge < -0.3 is 28.6 Å². The molecule has 1 atom stereocenters. The number of aliphatic hydroxyl groups is 1. The average Bonchev–Trinajstić information content (AvgIpc) is 3.29. The Morgan fingerprint density at radius 2 is 1.76 bits per heavy atom. The van der Waals surface area contributed by atoms with Gasteiger partial charge in [0.15, 0.2) is 22.7 Å². The van der Waals surface area contributed by atoms with E-state index in [4.69, 9.17) is 18.9 Å². The van der Waals surface area contributed by atoms with Gasteiger partial charge in [0, 0.05) is 7.05 Å². The molecule has 0 fully saturated rings. The van der Waals surface area contributed by atoms with Crippen molar-refractivity contribution in [2.24, 2.45) is 12.1 Å². The molecule has 200 valence electrons. The summed E-state index contributed by atoms with van der Waals surface area (Å²) >= 11 is 0. The Kier molecular flexibility index (Phi) is 7.97. The second kappa shape index (κ2) is 11.5. The van der Waals surface area contributed by atoms with Gasteiger partial charge in [0.25, 0.3) is 5.56 Å². The van der Waals surface area contributed by atoms with Crippen LogP contribution in [0.1, 0.15) is 5.56 Å². The highest BCUT2D eigenvalue weighted by Crippen LogP contribution is 2.27. The number of imidazole rings is 1. The van der Waals surface area contributed by atoms with Gasteiger partial charge in [-0.15, -0.1) is 0 Å². The SMILES string of the molecule is COc1ccc(OCC(O)Cn2c(N/N=C/c3ccc(OC)c(OC)c3)nc3c2c(=O)[nH]c(=O)n3C)cc1. The number of rotatable bonds is 11. The first-order valence-corrected chi connectivity index (χ1v) is 11.5. The van der Waals surface area contributed by atoms with E-state index in [-0.39, 0.29) is 30.3 Å². The number of H-pyrrole nitrogens is 1. The van der Waals surface area contributed by atoms with E-state index in [1.807, 2.05) is 0 Å². The number of aryl methyl sites for hydroxylation is 1. The first-order valence-electron chi connectivity index (χ1n) is 11.5. The fraction of sp³-hybridized carbons (Fsp3) is 0.280. The molecule has 4 aromatic rings. The molecule has 0 amide bonds. The summed E-state index contributed by atoms with van der Waals surface area (Å²) in [5.41, 5.74) is 2.47. The number of aromatic amines is 1. The molecule has 0 radical (unpaired) electrons. The number of nitrogens with one attached hydrogen (secondary N) is 2. The number of aliphatic hydroxyl groups excluding tert-OH is 1. The second-order valence-corrected chi connectivity index (χ2v) is 8.16. The summed E-state index contributed by atoms with van der Waals surface area (Å²) < 4.78 is 24.0. The Bertz CT molecular complexity index is 1560. The van der Waals surface area contributed by atoms with Crippen LogP contribution in [0.3, 0.4) is 0 Å². The molecule has 13 nitrogen and oxygen atoms in total. The van der Waals surface area contributed by atoms with Gasteiger partial charge in [-0.3, -0.25) is 14.3 Å². The van der Waals surface area contributed by atoms with Crippen molar-refractivity contribution in [1.29, 1.82) is 0 Å². The van der Waals surface area contributed by atoms with E-state index >= 15 is 0 Å². The number of hydrogen-bond acceptors (Lipinski definition) is 10. The number of fused-ring (bicyclic) bond motifs is 1. The molecular formula is C25H28N6O7. The zero-order valence-corrected chi connectivity index (χ0v) is 21.3. The topological polar surface area (TPSA) is 154 Å². The van der Waals surface area contributed by atoms with Crippen LogP contribution in [-0.4, -0.2) is 64.5 Å². The van der Waals surface area contributed by atoms with Gasteiger partial charge in [-0.05, 0) is 48.0 Å². The number of aromatic nitrogens is 4. The average molecular weight is 525 g/mol. The molecule has 2 aromatic heterocycles. The van der Waals surface area contributed by atoms with Crippen LogP contribution >= 0.6 is 0 Å². The highest BCUT2D eigenvalue weighted by atomic mass is 16.5. The summed E-state index contributed by atoms with van der Waals surface area (Å²) in [5.74, 6) is 2.47. The van der Waals surface area contributed by atoms with Crippen molar-refractivity contribution in [2.75, 3.05) is 33.4 Å². The normalized spacial score (nSPS) is 12.0. The molecule has 0 bridgehead atoms. The van der Waals surface area contributed by atoms with Gasteiger partial charge >= 0.3 is 5.69 Å². The largest absolute Gasteiger partial charge is 0.497 e. The minimum atomic E-state index is -1.03. The lowest BCUT2D eigenvalue weighted by molar-refractivity contribution is 0.0938. The lowest BCUT2D eigenvalue weighted by Gasteiger charge is -2.15. The Morgan fingerprint density at radius 3 is 2.45 bits per heavy atom. The Balaban J connectivity index is 1.59. The van der Waals surface area contributed by atoms with E-state index in [1.54, 1.807) is 56.7 Å². The molecule has 2 aromatic carbocycles. The second-order valence-electron chi connectivity index (χ2n) is 8.16. The molecule has 1 unspecified atom stereocenters. The van der Waals surface area contributed by atoms with Gasteiger partial charge in [-0.2, -0.15) is 10.1 Å². The third-order valence-corrected chi connectivity index (χ3v) is 5.69. The van der Waals surface area contributed by atoms with Crippen LogP contribution in [-0.2, 0) is 13.6 Å². The first kappa shape index (κ1) is 26.3. The minimum absolute atomic E-state index is 0.0655. The summed E-state index contributed by atoms with van der Waals surface area (Å²) in [7, 11) is 6.13. The number of benzene rings is 2. The molecule has 3 N–H and O–H groups in total. The third-order valence-electron chi connectivity index (χ3n) is 5.69. The molecule has 0 spiro atoms. The van der Waals surface area contributed by atoms with Crippen LogP contribution in [0.4, 0.5) is 5.95 Å². The van der Waals surface area contributed by atoms with Gasteiger partial charge in [0.2, 0.25) is 5.95 Å². The number of hydrogen-bond donors (Lipinski definition) is 3. The number of methoxy groups -OCH3 is 3. The number of hydrazone groups is 1. The van der Waals surface area contributed by atoms with E-state index in [2.05, 4.69) is 20.5 Å². The van der Waals surface area contributed by atoms with E-state index in [0.717, 1.165) is 0 Å². The van der Waals surface area contributed by atoms with Gasteiger partial charge in [0.05, 0.1) is 34.1 Å². The summed E-state index contributed by atoms with van der Waals surface area (Å²) in [5, 5.41) is 14.9. The van der Waals surface area contributed by atoms with Crippen molar-refractivity contribution < 1.29 is 24.1 Å². The standard InChI is InChI=1S/C25H28N6O7/c1-30-22-21(23(33)28-25(30)34)31(13-16(32)14-38-18-8-6-17(35-2)7-9-18)24(27-22)29-26-12-15-5-10-19(36-3)20(11-15)37-4/h5-12,16,32H,13-14H2,1-4H3,(H,27,29)(H,28,33,34)/b26-12+.